The van der Waals surface area contributed by atoms with Gasteiger partial charge < -0.3 is 18.8 Å². The van der Waals surface area contributed by atoms with Crippen LogP contribution in [-0.4, -0.2) is 25.9 Å². The maximum atomic E-state index is 13.5. The molecule has 0 fully saturated rings. The van der Waals surface area contributed by atoms with Gasteiger partial charge in [-0.2, -0.15) is 0 Å². The molecule has 1 aromatic heterocycles. The minimum absolute atomic E-state index is 0.0771. The first-order chi connectivity index (χ1) is 14.6. The summed E-state index contributed by atoms with van der Waals surface area (Å²) in [6.07, 6.45) is 0. The summed E-state index contributed by atoms with van der Waals surface area (Å²) in [4.78, 5) is 13.5. The molecule has 0 bridgehead atoms. The third kappa shape index (κ3) is 3.28. The summed E-state index contributed by atoms with van der Waals surface area (Å²) >= 11 is 0. The van der Waals surface area contributed by atoms with Gasteiger partial charge in [0.15, 0.2) is 0 Å². The Balaban J connectivity index is 2.10. The normalized spacial score (nSPS) is 10.8. The maximum absolute atomic E-state index is 13.5. The van der Waals surface area contributed by atoms with Gasteiger partial charge in [-0.25, -0.2) is 0 Å². The highest BCUT2D eigenvalue weighted by Gasteiger charge is 2.19. The zero-order valence-electron chi connectivity index (χ0n) is 17.4. The molecule has 1 heterocycles. The molecule has 4 rings (SSSR count). The van der Waals surface area contributed by atoms with Crippen LogP contribution < -0.4 is 19.8 Å². The van der Waals surface area contributed by atoms with Crippen molar-refractivity contribution < 1.29 is 14.2 Å². The van der Waals surface area contributed by atoms with Crippen LogP contribution in [0.5, 0.6) is 17.2 Å². The average molecular weight is 401 g/mol. The molecule has 5 heteroatoms. The molecule has 0 unspecified atom stereocenters. The van der Waals surface area contributed by atoms with Crippen LogP contribution in [0.2, 0.25) is 0 Å². The van der Waals surface area contributed by atoms with E-state index in [9.17, 15) is 4.79 Å². The predicted molar refractivity (Wildman–Crippen MR) is 120 cm³/mol. The molecular formula is C25H23NO4. The summed E-state index contributed by atoms with van der Waals surface area (Å²) in [5, 5.41) is 0.967. The van der Waals surface area contributed by atoms with E-state index in [1.807, 2.05) is 66.7 Å². The highest BCUT2D eigenvalue weighted by Crippen LogP contribution is 2.37. The van der Waals surface area contributed by atoms with E-state index in [1.165, 1.54) is 0 Å². The fourth-order valence-corrected chi connectivity index (χ4v) is 3.73. The van der Waals surface area contributed by atoms with Crippen molar-refractivity contribution in [3.05, 3.63) is 77.1 Å². The Kier molecular flexibility index (Phi) is 5.19. The van der Waals surface area contributed by atoms with Crippen molar-refractivity contribution >= 4 is 10.9 Å². The number of aryl methyl sites for hydroxylation is 1. The lowest BCUT2D eigenvalue weighted by molar-refractivity contribution is 0.414. The number of ether oxygens (including phenoxy) is 3. The number of fused-ring (bicyclic) bond motifs is 1. The van der Waals surface area contributed by atoms with E-state index in [4.69, 9.17) is 14.2 Å². The molecule has 0 aliphatic heterocycles. The Hall–Kier alpha value is -3.73. The Morgan fingerprint density at radius 2 is 1.10 bits per heavy atom. The van der Waals surface area contributed by atoms with Crippen molar-refractivity contribution in [2.24, 2.45) is 7.05 Å². The molecule has 30 heavy (non-hydrogen) atoms. The number of hydrogen-bond donors (Lipinski definition) is 0. The SMILES string of the molecule is COc1ccc(-c2c(-c3ccc(OC)cc3)c3ccc(OC)cc3n(C)c2=O)cc1. The van der Waals surface area contributed by atoms with Gasteiger partial charge >= 0.3 is 0 Å². The second kappa shape index (κ2) is 7.95. The standard InChI is InChI=1S/C25H23NO4/c1-26-22-15-20(30-4)13-14-21(22)23(16-5-9-18(28-2)10-6-16)24(25(26)27)17-7-11-19(29-3)12-8-17/h5-15H,1-4H3. The molecule has 0 spiro atoms. The van der Waals surface area contributed by atoms with E-state index in [-0.39, 0.29) is 5.56 Å². The number of pyridine rings is 1. The van der Waals surface area contributed by atoms with E-state index in [0.29, 0.717) is 11.3 Å². The summed E-state index contributed by atoms with van der Waals surface area (Å²) in [6.45, 7) is 0. The maximum Gasteiger partial charge on any atom is 0.259 e. The quantitative estimate of drug-likeness (QED) is 0.477. The summed E-state index contributed by atoms with van der Waals surface area (Å²) in [6, 6.07) is 21.1. The van der Waals surface area contributed by atoms with Crippen molar-refractivity contribution in [2.45, 2.75) is 0 Å². The van der Waals surface area contributed by atoms with Gasteiger partial charge in [0.1, 0.15) is 17.2 Å². The molecule has 0 saturated carbocycles. The van der Waals surface area contributed by atoms with Crippen LogP contribution in [0, 0.1) is 0 Å². The van der Waals surface area contributed by atoms with Gasteiger partial charge in [-0.05, 0) is 47.5 Å². The lowest BCUT2D eigenvalue weighted by Crippen LogP contribution is -2.20. The van der Waals surface area contributed by atoms with E-state index in [1.54, 1.807) is 32.9 Å². The number of aromatic nitrogens is 1. The molecule has 152 valence electrons. The van der Waals surface area contributed by atoms with Crippen LogP contribution in [-0.2, 0) is 7.05 Å². The summed E-state index contributed by atoms with van der Waals surface area (Å²) in [5.74, 6) is 2.21. The molecule has 3 aromatic carbocycles. The first-order valence-electron chi connectivity index (χ1n) is 9.57. The smallest absolute Gasteiger partial charge is 0.259 e. The monoisotopic (exact) mass is 401 g/mol. The molecule has 0 aliphatic rings. The van der Waals surface area contributed by atoms with E-state index >= 15 is 0 Å². The molecule has 0 atom stereocenters. The zero-order chi connectivity index (χ0) is 21.3. The number of hydrogen-bond acceptors (Lipinski definition) is 4. The Bertz CT molecular complexity index is 1260. The average Bonchev–Trinajstić information content (AvgIpc) is 2.81. The molecule has 4 aromatic rings. The minimum atomic E-state index is -0.0771. The number of rotatable bonds is 5. The van der Waals surface area contributed by atoms with Crippen LogP contribution >= 0.6 is 0 Å². The third-order valence-electron chi connectivity index (χ3n) is 5.36. The first kappa shape index (κ1) is 19.6. The van der Waals surface area contributed by atoms with Crippen molar-refractivity contribution in [3.8, 4) is 39.5 Å². The molecule has 0 radical (unpaired) electrons. The van der Waals surface area contributed by atoms with E-state index in [2.05, 4.69) is 0 Å². The second-order valence-corrected chi connectivity index (χ2v) is 6.95. The van der Waals surface area contributed by atoms with Crippen LogP contribution in [0.15, 0.2) is 71.5 Å². The first-order valence-corrected chi connectivity index (χ1v) is 9.57. The Labute approximate surface area is 175 Å². The number of methoxy groups -OCH3 is 3. The van der Waals surface area contributed by atoms with Crippen molar-refractivity contribution in [2.75, 3.05) is 21.3 Å². The molecule has 0 aliphatic carbocycles. The minimum Gasteiger partial charge on any atom is -0.497 e. The summed E-state index contributed by atoms with van der Waals surface area (Å²) in [5.41, 5.74) is 4.02. The summed E-state index contributed by atoms with van der Waals surface area (Å²) in [7, 11) is 6.67. The third-order valence-corrected chi connectivity index (χ3v) is 5.36. The summed E-state index contributed by atoms with van der Waals surface area (Å²) < 4.78 is 17.7. The fraction of sp³-hybridized carbons (Fsp3) is 0.160. The molecule has 0 saturated heterocycles. The van der Waals surface area contributed by atoms with Crippen LogP contribution in [0.4, 0.5) is 0 Å². The van der Waals surface area contributed by atoms with Crippen molar-refractivity contribution in [3.63, 3.8) is 0 Å². The van der Waals surface area contributed by atoms with Crippen LogP contribution in [0.1, 0.15) is 0 Å². The molecule has 0 amide bonds. The Morgan fingerprint density at radius 1 is 0.633 bits per heavy atom. The number of nitrogens with zero attached hydrogens (tertiary/aromatic N) is 1. The van der Waals surface area contributed by atoms with Gasteiger partial charge in [-0.15, -0.1) is 0 Å². The highest BCUT2D eigenvalue weighted by molar-refractivity contribution is 6.02. The van der Waals surface area contributed by atoms with Gasteiger partial charge in [0, 0.05) is 24.1 Å². The predicted octanol–water partition coefficient (Wildman–Crippen LogP) is 4.90. The van der Waals surface area contributed by atoms with Gasteiger partial charge in [0.25, 0.3) is 5.56 Å². The van der Waals surface area contributed by atoms with E-state index < -0.39 is 0 Å². The van der Waals surface area contributed by atoms with Crippen molar-refractivity contribution in [1.29, 1.82) is 0 Å². The second-order valence-electron chi connectivity index (χ2n) is 6.95. The molecule has 5 nitrogen and oxygen atoms in total. The van der Waals surface area contributed by atoms with Crippen molar-refractivity contribution in [1.82, 2.24) is 4.57 Å². The van der Waals surface area contributed by atoms with Gasteiger partial charge in [-0.1, -0.05) is 24.3 Å². The Morgan fingerprint density at radius 3 is 1.60 bits per heavy atom. The number of benzene rings is 3. The van der Waals surface area contributed by atoms with Crippen LogP contribution in [0.3, 0.4) is 0 Å². The zero-order valence-corrected chi connectivity index (χ0v) is 17.4. The molecule has 0 N–H and O–H groups in total. The van der Waals surface area contributed by atoms with Gasteiger partial charge in [0.2, 0.25) is 0 Å². The topological polar surface area (TPSA) is 49.7 Å². The van der Waals surface area contributed by atoms with Crippen LogP contribution in [0.25, 0.3) is 33.2 Å². The lowest BCUT2D eigenvalue weighted by atomic mass is 9.92. The van der Waals surface area contributed by atoms with Gasteiger partial charge in [-0.3, -0.25) is 4.79 Å². The highest BCUT2D eigenvalue weighted by atomic mass is 16.5. The van der Waals surface area contributed by atoms with Gasteiger partial charge in [0.05, 0.1) is 32.4 Å². The molecular weight excluding hydrogens is 378 g/mol. The largest absolute Gasteiger partial charge is 0.497 e. The van der Waals surface area contributed by atoms with E-state index in [0.717, 1.165) is 39.1 Å². The lowest BCUT2D eigenvalue weighted by Gasteiger charge is -2.17. The fourth-order valence-electron chi connectivity index (χ4n) is 3.73.